The second kappa shape index (κ2) is 8.93. The molecule has 2 atom stereocenters. The fraction of sp³-hybridized carbons (Fsp3) is 0.650. The Morgan fingerprint density at radius 2 is 1.62 bits per heavy atom. The maximum atomic E-state index is 13.5. The minimum Gasteiger partial charge on any atom is -0.411 e. The van der Waals surface area contributed by atoms with Crippen LogP contribution in [0.1, 0.15) is 27.7 Å². The van der Waals surface area contributed by atoms with Gasteiger partial charge in [-0.25, -0.2) is 0 Å². The first-order valence-electron chi connectivity index (χ1n) is 9.23. The molecule has 1 aromatic rings. The van der Waals surface area contributed by atoms with Gasteiger partial charge in [-0.15, -0.1) is 0 Å². The monoisotopic (exact) mass is 396 g/mol. The van der Waals surface area contributed by atoms with Gasteiger partial charge in [-0.1, -0.05) is 69.4 Å². The third-order valence-electron chi connectivity index (χ3n) is 5.45. The van der Waals surface area contributed by atoms with Crippen LogP contribution in [0.25, 0.3) is 0 Å². The van der Waals surface area contributed by atoms with Crippen LogP contribution in [0.15, 0.2) is 30.3 Å². The van der Waals surface area contributed by atoms with Gasteiger partial charge in [0.05, 0.1) is 6.10 Å². The highest BCUT2D eigenvalue weighted by Gasteiger charge is 2.44. The van der Waals surface area contributed by atoms with Gasteiger partial charge in [0.2, 0.25) is 0 Å². The van der Waals surface area contributed by atoms with Crippen molar-refractivity contribution in [1.82, 2.24) is 0 Å². The molecule has 0 saturated carbocycles. The van der Waals surface area contributed by atoms with Crippen molar-refractivity contribution in [2.24, 2.45) is 0 Å². The summed E-state index contributed by atoms with van der Waals surface area (Å²) < 4.78 is 17.4. The fourth-order valence-corrected chi connectivity index (χ4v) is 6.37. The van der Waals surface area contributed by atoms with Gasteiger partial charge >= 0.3 is 0 Å². The molecule has 1 aromatic carbocycles. The van der Waals surface area contributed by atoms with Crippen molar-refractivity contribution < 1.29 is 18.7 Å². The molecule has 6 heteroatoms. The lowest BCUT2D eigenvalue weighted by Crippen LogP contribution is -2.59. The van der Waals surface area contributed by atoms with Crippen molar-refractivity contribution in [2.45, 2.75) is 71.1 Å². The fourth-order valence-electron chi connectivity index (χ4n) is 2.62. The number of methoxy groups -OCH3 is 1. The average Bonchev–Trinajstić information content (AvgIpc) is 2.54. The minimum absolute atomic E-state index is 0.0719. The highest BCUT2D eigenvalue weighted by molar-refractivity contribution is 7.13. The van der Waals surface area contributed by atoms with Gasteiger partial charge in [0, 0.05) is 7.11 Å². The molecular formula is C20H36O4Si2. The molecule has 1 rings (SSSR count). The summed E-state index contributed by atoms with van der Waals surface area (Å²) in [4.78, 5) is 13.5. The van der Waals surface area contributed by atoms with E-state index in [1.807, 2.05) is 37.3 Å². The van der Waals surface area contributed by atoms with Crippen molar-refractivity contribution in [3.05, 3.63) is 30.3 Å². The zero-order chi connectivity index (χ0) is 20.2. The second-order valence-corrected chi connectivity index (χ2v) is 18.0. The van der Waals surface area contributed by atoms with Gasteiger partial charge in [0.25, 0.3) is 0 Å². The average molecular weight is 397 g/mol. The molecule has 0 spiro atoms. The summed E-state index contributed by atoms with van der Waals surface area (Å²) in [6, 6.07) is 10.0. The normalized spacial score (nSPS) is 15.6. The van der Waals surface area contributed by atoms with Crippen LogP contribution in [0.2, 0.25) is 31.2 Å². The van der Waals surface area contributed by atoms with Crippen LogP contribution >= 0.6 is 0 Å². The van der Waals surface area contributed by atoms with E-state index in [1.54, 1.807) is 7.11 Å². The molecule has 148 valence electrons. The van der Waals surface area contributed by atoms with Crippen molar-refractivity contribution in [3.8, 4) is 0 Å². The molecule has 26 heavy (non-hydrogen) atoms. The molecule has 4 nitrogen and oxygen atoms in total. The van der Waals surface area contributed by atoms with Crippen LogP contribution in [0, 0.1) is 0 Å². The molecule has 0 saturated heterocycles. The van der Waals surface area contributed by atoms with E-state index < -0.39 is 22.5 Å². The Labute approximate surface area is 161 Å². The number of rotatable bonds is 9. The topological polar surface area (TPSA) is 44.8 Å². The predicted octanol–water partition coefficient (Wildman–Crippen LogP) is 4.11. The first kappa shape index (κ1) is 23.2. The molecule has 0 amide bonds. The Bertz CT molecular complexity index is 579. The quantitative estimate of drug-likeness (QED) is 0.465. The maximum Gasteiger partial charge on any atom is 0.192 e. The Balaban J connectivity index is 3.10. The first-order valence-corrected chi connectivity index (χ1v) is 15.1. The lowest BCUT2D eigenvalue weighted by Gasteiger charge is -2.40. The predicted molar refractivity (Wildman–Crippen MR) is 113 cm³/mol. The van der Waals surface area contributed by atoms with Crippen LogP contribution < -0.4 is 5.19 Å². The molecule has 0 radical (unpaired) electrons. The van der Waals surface area contributed by atoms with Gasteiger partial charge in [-0.05, 0) is 25.1 Å². The molecule has 0 aromatic heterocycles. The Morgan fingerprint density at radius 1 is 1.08 bits per heavy atom. The van der Waals surface area contributed by atoms with E-state index in [2.05, 4.69) is 47.0 Å². The summed E-state index contributed by atoms with van der Waals surface area (Å²) in [6.07, 6.45) is -0.931. The summed E-state index contributed by atoms with van der Waals surface area (Å²) in [7, 11) is -2.81. The number of hydrogen-bond donors (Lipinski definition) is 0. The highest BCUT2D eigenvalue weighted by Crippen LogP contribution is 2.38. The number of carbonyl (C=O) groups is 1. The van der Waals surface area contributed by atoms with E-state index in [4.69, 9.17) is 13.9 Å². The van der Waals surface area contributed by atoms with Crippen LogP contribution in [-0.4, -0.2) is 47.9 Å². The van der Waals surface area contributed by atoms with E-state index in [-0.39, 0.29) is 23.3 Å². The summed E-state index contributed by atoms with van der Waals surface area (Å²) in [5, 5.41) is 1.32. The Hall–Kier alpha value is -0.796. The number of hydrogen-bond acceptors (Lipinski definition) is 4. The molecule has 0 bridgehead atoms. The van der Waals surface area contributed by atoms with Crippen LogP contribution in [0.3, 0.4) is 0 Å². The van der Waals surface area contributed by atoms with Gasteiger partial charge in [0.1, 0.15) is 18.3 Å². The molecule has 0 aliphatic carbocycles. The summed E-state index contributed by atoms with van der Waals surface area (Å²) in [5.74, 6) is 0. The van der Waals surface area contributed by atoms with Crippen LogP contribution in [-0.2, 0) is 18.7 Å². The number of ether oxygens (including phenoxy) is 2. The lowest BCUT2D eigenvalue weighted by molar-refractivity contribution is -0.142. The number of carbonyl (C=O) groups excluding carboxylic acids is 1. The van der Waals surface area contributed by atoms with Crippen molar-refractivity contribution in [3.63, 3.8) is 0 Å². The molecule has 0 fully saturated rings. The molecule has 0 heterocycles. The Morgan fingerprint density at radius 3 is 2.08 bits per heavy atom. The van der Waals surface area contributed by atoms with Gasteiger partial charge in [-0.2, -0.15) is 0 Å². The zero-order valence-electron chi connectivity index (χ0n) is 17.9. The standard InChI is InChI=1S/C20H36O4Si2/c1-16(24-26(8,9)20(2,3)4)18(23-15-22-5)19(21)25(6,7)17-13-11-10-12-14-17/h10-14,16,18H,15H2,1-9H3/t16-,18+/m1/s1. The lowest BCUT2D eigenvalue weighted by atomic mass is 10.2. The highest BCUT2D eigenvalue weighted by atomic mass is 28.4. The minimum atomic E-state index is -2.36. The van der Waals surface area contributed by atoms with Crippen LogP contribution in [0.5, 0.6) is 0 Å². The van der Waals surface area contributed by atoms with E-state index in [0.717, 1.165) is 5.19 Å². The molecule has 0 unspecified atom stereocenters. The molecule has 0 N–H and O–H groups in total. The molecule has 0 aliphatic heterocycles. The van der Waals surface area contributed by atoms with Crippen molar-refractivity contribution in [1.29, 1.82) is 0 Å². The van der Waals surface area contributed by atoms with E-state index in [9.17, 15) is 4.79 Å². The van der Waals surface area contributed by atoms with Gasteiger partial charge < -0.3 is 18.7 Å². The Kier molecular flexibility index (Phi) is 7.98. The van der Waals surface area contributed by atoms with Crippen molar-refractivity contribution >= 4 is 27.0 Å². The van der Waals surface area contributed by atoms with Crippen molar-refractivity contribution in [2.75, 3.05) is 13.9 Å². The molecule has 0 aliphatic rings. The smallest absolute Gasteiger partial charge is 0.192 e. The van der Waals surface area contributed by atoms with Gasteiger partial charge in [0.15, 0.2) is 16.4 Å². The third kappa shape index (κ3) is 5.60. The largest absolute Gasteiger partial charge is 0.411 e. The van der Waals surface area contributed by atoms with E-state index >= 15 is 0 Å². The second-order valence-electron chi connectivity index (χ2n) is 8.93. The zero-order valence-corrected chi connectivity index (χ0v) is 19.9. The van der Waals surface area contributed by atoms with Gasteiger partial charge in [-0.3, -0.25) is 0 Å². The SMILES string of the molecule is COCO[C@H](C(=O)[Si](C)(C)c1ccccc1)[C@@H](C)O[Si](C)(C)C(C)(C)C. The summed E-state index contributed by atoms with van der Waals surface area (Å²) in [5.41, 5.74) is 0. The van der Waals surface area contributed by atoms with Crippen LogP contribution in [0.4, 0.5) is 0 Å². The van der Waals surface area contributed by atoms with E-state index in [1.165, 1.54) is 0 Å². The maximum absolute atomic E-state index is 13.5. The third-order valence-corrected chi connectivity index (χ3v) is 13.3. The number of benzene rings is 1. The molecular weight excluding hydrogens is 360 g/mol. The van der Waals surface area contributed by atoms with E-state index in [0.29, 0.717) is 0 Å². The summed E-state index contributed by atoms with van der Waals surface area (Å²) >= 11 is 0. The first-order chi connectivity index (χ1) is 11.8. The summed E-state index contributed by atoms with van der Waals surface area (Å²) in [6.45, 7) is 17.2.